The van der Waals surface area contributed by atoms with Gasteiger partial charge in [0.05, 0.1) is 6.10 Å². The third kappa shape index (κ3) is 4.82. The van der Waals surface area contributed by atoms with Crippen molar-refractivity contribution in [3.8, 4) is 0 Å². The molecule has 0 aromatic heterocycles. The molecule has 5 heteroatoms. The van der Waals surface area contributed by atoms with E-state index in [4.69, 9.17) is 10.9 Å². The molecule has 0 aromatic carbocycles. The fourth-order valence-corrected chi connectivity index (χ4v) is 2.32. The Labute approximate surface area is 109 Å². The first kappa shape index (κ1) is 15.2. The number of aliphatic hydroxyl groups is 1. The van der Waals surface area contributed by atoms with Gasteiger partial charge >= 0.3 is 0 Å². The molecule has 1 aliphatic rings. The number of oxime groups is 1. The Morgan fingerprint density at radius 1 is 1.33 bits per heavy atom. The minimum absolute atomic E-state index is 0.0826. The molecule has 5 N–H and O–H groups in total. The molecule has 0 unspecified atom stereocenters. The van der Waals surface area contributed by atoms with Gasteiger partial charge in [0.25, 0.3) is 0 Å². The van der Waals surface area contributed by atoms with Gasteiger partial charge in [-0.15, -0.1) is 0 Å². The van der Waals surface area contributed by atoms with Crippen molar-refractivity contribution in [3.05, 3.63) is 0 Å². The molecule has 1 saturated carbocycles. The van der Waals surface area contributed by atoms with Crippen LogP contribution in [-0.2, 0) is 0 Å². The molecule has 0 heterocycles. The number of amidine groups is 1. The minimum Gasteiger partial charge on any atom is -0.409 e. The minimum atomic E-state index is -0.273. The van der Waals surface area contributed by atoms with Gasteiger partial charge in [0.2, 0.25) is 0 Å². The Morgan fingerprint density at radius 3 is 2.50 bits per heavy atom. The zero-order chi connectivity index (χ0) is 13.6. The van der Waals surface area contributed by atoms with E-state index in [9.17, 15) is 5.11 Å². The van der Waals surface area contributed by atoms with Gasteiger partial charge in [0, 0.05) is 5.41 Å². The van der Waals surface area contributed by atoms with E-state index in [1.165, 1.54) is 0 Å². The number of hydrogen-bond donors (Lipinski definition) is 4. The van der Waals surface area contributed by atoms with Gasteiger partial charge in [-0.1, -0.05) is 19.0 Å². The van der Waals surface area contributed by atoms with Crippen LogP contribution in [0.15, 0.2) is 5.16 Å². The van der Waals surface area contributed by atoms with Crippen molar-refractivity contribution in [2.24, 2.45) is 22.2 Å². The van der Waals surface area contributed by atoms with E-state index < -0.39 is 0 Å². The van der Waals surface area contributed by atoms with Gasteiger partial charge in [-0.25, -0.2) is 0 Å². The van der Waals surface area contributed by atoms with Crippen LogP contribution < -0.4 is 11.1 Å². The van der Waals surface area contributed by atoms with Crippen LogP contribution >= 0.6 is 0 Å². The average Bonchev–Trinajstić information content (AvgIpc) is 2.35. The highest BCUT2D eigenvalue weighted by atomic mass is 16.4. The highest BCUT2D eigenvalue weighted by molar-refractivity contribution is 5.85. The summed E-state index contributed by atoms with van der Waals surface area (Å²) in [6.07, 6.45) is 4.85. The number of nitrogens with zero attached hydrogens (tertiary/aromatic N) is 1. The van der Waals surface area contributed by atoms with Gasteiger partial charge in [-0.3, -0.25) is 0 Å². The van der Waals surface area contributed by atoms with Gasteiger partial charge in [-0.05, 0) is 51.1 Å². The summed E-state index contributed by atoms with van der Waals surface area (Å²) >= 11 is 0. The quantitative estimate of drug-likeness (QED) is 0.190. The summed E-state index contributed by atoms with van der Waals surface area (Å²) in [7, 11) is 0. The molecule has 1 rings (SSSR count). The summed E-state index contributed by atoms with van der Waals surface area (Å²) in [5.41, 5.74) is 5.36. The molecule has 106 valence electrons. The maximum atomic E-state index is 9.42. The topological polar surface area (TPSA) is 90.9 Å². The van der Waals surface area contributed by atoms with Crippen LogP contribution in [0.2, 0.25) is 0 Å². The zero-order valence-electron chi connectivity index (χ0n) is 11.5. The smallest absolute Gasteiger partial charge is 0.144 e. The summed E-state index contributed by atoms with van der Waals surface area (Å²) in [6, 6.07) is 0. The summed E-state index contributed by atoms with van der Waals surface area (Å²) in [5.74, 6) is 0.963. The molecule has 0 saturated heterocycles. The lowest BCUT2D eigenvalue weighted by Crippen LogP contribution is -2.36. The Bertz CT molecular complexity index is 271. The third-order valence-corrected chi connectivity index (χ3v) is 3.98. The van der Waals surface area contributed by atoms with Crippen LogP contribution in [-0.4, -0.2) is 35.3 Å². The van der Waals surface area contributed by atoms with E-state index >= 15 is 0 Å². The van der Waals surface area contributed by atoms with Crippen molar-refractivity contribution >= 4 is 5.84 Å². The molecule has 0 aromatic rings. The van der Waals surface area contributed by atoms with Crippen LogP contribution in [0, 0.1) is 11.3 Å². The van der Waals surface area contributed by atoms with Crippen LogP contribution in [0.1, 0.15) is 46.0 Å². The summed E-state index contributed by atoms with van der Waals surface area (Å²) in [4.78, 5) is 0. The Morgan fingerprint density at radius 2 is 1.94 bits per heavy atom. The van der Waals surface area contributed by atoms with Gasteiger partial charge in [0.15, 0.2) is 0 Å². The predicted molar refractivity (Wildman–Crippen MR) is 72.6 cm³/mol. The molecular weight excluding hydrogens is 230 g/mol. The van der Waals surface area contributed by atoms with Crippen LogP contribution in [0.3, 0.4) is 0 Å². The second-order valence-corrected chi connectivity index (χ2v) is 6.00. The second kappa shape index (κ2) is 6.95. The normalized spacial score (nSPS) is 26.3. The van der Waals surface area contributed by atoms with E-state index in [0.29, 0.717) is 5.92 Å². The first-order valence-corrected chi connectivity index (χ1v) is 6.82. The maximum Gasteiger partial charge on any atom is 0.144 e. The standard InChI is InChI=1S/C13H27N3O2/c1-13(2,12(14)16-18)7-8-15-9-10-3-5-11(17)6-4-10/h10-11,15,17-18H,3-9H2,1-2H3,(H2,14,16). The van der Waals surface area contributed by atoms with E-state index in [0.717, 1.165) is 45.2 Å². The highest BCUT2D eigenvalue weighted by Gasteiger charge is 2.23. The van der Waals surface area contributed by atoms with Crippen molar-refractivity contribution < 1.29 is 10.3 Å². The van der Waals surface area contributed by atoms with Crippen molar-refractivity contribution in [1.29, 1.82) is 0 Å². The molecule has 0 bridgehead atoms. The molecule has 18 heavy (non-hydrogen) atoms. The molecule has 0 radical (unpaired) electrons. The molecule has 0 aliphatic heterocycles. The molecule has 0 spiro atoms. The molecule has 5 nitrogen and oxygen atoms in total. The van der Waals surface area contributed by atoms with Crippen LogP contribution in [0.25, 0.3) is 0 Å². The summed E-state index contributed by atoms with van der Waals surface area (Å²) in [5, 5.41) is 24.6. The summed E-state index contributed by atoms with van der Waals surface area (Å²) < 4.78 is 0. The van der Waals surface area contributed by atoms with E-state index in [1.807, 2.05) is 13.8 Å². The molecule has 0 amide bonds. The lowest BCUT2D eigenvalue weighted by Gasteiger charge is -2.27. The van der Waals surface area contributed by atoms with Crippen LogP contribution in [0.4, 0.5) is 0 Å². The first-order valence-electron chi connectivity index (χ1n) is 6.82. The van der Waals surface area contributed by atoms with Crippen molar-refractivity contribution in [2.45, 2.75) is 52.1 Å². The zero-order valence-corrected chi connectivity index (χ0v) is 11.5. The number of nitrogens with one attached hydrogen (secondary N) is 1. The molecule has 1 fully saturated rings. The Balaban J connectivity index is 2.15. The highest BCUT2D eigenvalue weighted by Crippen LogP contribution is 2.24. The first-order chi connectivity index (χ1) is 8.45. The van der Waals surface area contributed by atoms with Gasteiger partial charge in [0.1, 0.15) is 5.84 Å². The third-order valence-electron chi connectivity index (χ3n) is 3.98. The van der Waals surface area contributed by atoms with Crippen molar-refractivity contribution in [3.63, 3.8) is 0 Å². The Kier molecular flexibility index (Phi) is 5.88. The van der Waals surface area contributed by atoms with Gasteiger partial charge in [-0.2, -0.15) is 0 Å². The Hall–Kier alpha value is -0.810. The lowest BCUT2D eigenvalue weighted by atomic mass is 9.86. The maximum absolute atomic E-state index is 9.42. The van der Waals surface area contributed by atoms with Gasteiger partial charge < -0.3 is 21.4 Å². The van der Waals surface area contributed by atoms with Crippen LogP contribution in [0.5, 0.6) is 0 Å². The van der Waals surface area contributed by atoms with E-state index in [-0.39, 0.29) is 17.4 Å². The second-order valence-electron chi connectivity index (χ2n) is 6.00. The molecule has 1 aliphatic carbocycles. The largest absolute Gasteiger partial charge is 0.409 e. The number of rotatable bonds is 6. The lowest BCUT2D eigenvalue weighted by molar-refractivity contribution is 0.108. The predicted octanol–water partition coefficient (Wildman–Crippen LogP) is 1.29. The molecule has 0 atom stereocenters. The van der Waals surface area contributed by atoms with E-state index in [2.05, 4.69) is 10.5 Å². The fourth-order valence-electron chi connectivity index (χ4n) is 2.32. The molecular formula is C13H27N3O2. The number of aliphatic hydroxyl groups excluding tert-OH is 1. The fraction of sp³-hybridized carbons (Fsp3) is 0.923. The number of nitrogens with two attached hydrogens (primary N) is 1. The SMILES string of the molecule is CC(C)(CCNCC1CCC(O)CC1)C(N)=NO. The van der Waals surface area contributed by atoms with E-state index in [1.54, 1.807) is 0 Å². The van der Waals surface area contributed by atoms with Crippen molar-refractivity contribution in [2.75, 3.05) is 13.1 Å². The van der Waals surface area contributed by atoms with Crippen molar-refractivity contribution in [1.82, 2.24) is 5.32 Å². The monoisotopic (exact) mass is 257 g/mol. The summed E-state index contributed by atoms with van der Waals surface area (Å²) in [6.45, 7) is 5.81. The number of hydrogen-bond acceptors (Lipinski definition) is 4. The average molecular weight is 257 g/mol.